The van der Waals surface area contributed by atoms with E-state index in [4.69, 9.17) is 4.74 Å². The Hall–Kier alpha value is -1.29. The van der Waals surface area contributed by atoms with Crippen LogP contribution < -0.4 is 10.1 Å². The van der Waals surface area contributed by atoms with Crippen molar-refractivity contribution in [3.63, 3.8) is 0 Å². The largest absolute Gasteiger partial charge is 0.491 e. The molecule has 1 rings (SSSR count). The molecule has 17 heavy (non-hydrogen) atoms. The third kappa shape index (κ3) is 5.04. The van der Waals surface area contributed by atoms with Gasteiger partial charge in [-0.3, -0.25) is 4.79 Å². The van der Waals surface area contributed by atoms with Crippen molar-refractivity contribution in [2.45, 2.75) is 20.0 Å². The van der Waals surface area contributed by atoms with Gasteiger partial charge in [0.1, 0.15) is 5.75 Å². The number of halogens is 1. The standard InChI is InChI=1S/C13H16BrNO2/c1-9(2)17-12-6-4-5-11(7-12)13(16)15-8-10(3)14/h4-7,9H,3,8H2,1-2H3,(H,15,16). The molecular weight excluding hydrogens is 282 g/mol. The number of ether oxygens (including phenoxy) is 1. The quantitative estimate of drug-likeness (QED) is 0.907. The third-order valence-corrected chi connectivity index (χ3v) is 2.19. The number of rotatable bonds is 5. The van der Waals surface area contributed by atoms with Gasteiger partial charge in [-0.25, -0.2) is 0 Å². The van der Waals surface area contributed by atoms with Gasteiger partial charge in [-0.15, -0.1) is 0 Å². The highest BCUT2D eigenvalue weighted by Crippen LogP contribution is 2.15. The first-order valence-corrected chi connectivity index (χ1v) is 6.16. The molecule has 0 aromatic heterocycles. The van der Waals surface area contributed by atoms with Gasteiger partial charge in [-0.1, -0.05) is 28.6 Å². The van der Waals surface area contributed by atoms with Crippen LogP contribution in [-0.4, -0.2) is 18.6 Å². The average molecular weight is 298 g/mol. The van der Waals surface area contributed by atoms with E-state index in [9.17, 15) is 4.79 Å². The Balaban J connectivity index is 2.70. The van der Waals surface area contributed by atoms with Crippen LogP contribution in [0.15, 0.2) is 35.3 Å². The normalized spacial score (nSPS) is 10.1. The Labute approximate surface area is 110 Å². The van der Waals surface area contributed by atoms with Crippen LogP contribution >= 0.6 is 15.9 Å². The summed E-state index contributed by atoms with van der Waals surface area (Å²) in [6.07, 6.45) is 0.0932. The summed E-state index contributed by atoms with van der Waals surface area (Å²) in [5.74, 6) is 0.560. The molecule has 0 saturated carbocycles. The van der Waals surface area contributed by atoms with E-state index in [1.165, 1.54) is 0 Å². The molecule has 0 atom stereocenters. The fourth-order valence-electron chi connectivity index (χ4n) is 1.26. The summed E-state index contributed by atoms with van der Waals surface area (Å²) in [5, 5.41) is 2.74. The Bertz CT molecular complexity index is 416. The van der Waals surface area contributed by atoms with Gasteiger partial charge in [-0.05, 0) is 32.0 Å². The molecule has 1 aromatic rings. The molecule has 0 heterocycles. The first-order chi connectivity index (χ1) is 7.99. The van der Waals surface area contributed by atoms with E-state index in [0.29, 0.717) is 17.9 Å². The zero-order chi connectivity index (χ0) is 12.8. The number of hydrogen-bond donors (Lipinski definition) is 1. The van der Waals surface area contributed by atoms with Crippen molar-refractivity contribution in [1.29, 1.82) is 0 Å². The second-order valence-corrected chi connectivity index (χ2v) is 5.02. The van der Waals surface area contributed by atoms with Gasteiger partial charge < -0.3 is 10.1 Å². The van der Waals surface area contributed by atoms with Crippen molar-refractivity contribution >= 4 is 21.8 Å². The van der Waals surface area contributed by atoms with Crippen LogP contribution in [0.25, 0.3) is 0 Å². The fraction of sp³-hybridized carbons (Fsp3) is 0.308. The summed E-state index contributed by atoms with van der Waals surface area (Å²) in [6.45, 7) is 7.96. The maximum Gasteiger partial charge on any atom is 0.251 e. The van der Waals surface area contributed by atoms with E-state index in [-0.39, 0.29) is 12.0 Å². The molecular formula is C13H16BrNO2. The monoisotopic (exact) mass is 297 g/mol. The lowest BCUT2D eigenvalue weighted by molar-refractivity contribution is 0.0957. The van der Waals surface area contributed by atoms with Gasteiger partial charge in [-0.2, -0.15) is 0 Å². The molecule has 4 heteroatoms. The molecule has 92 valence electrons. The minimum Gasteiger partial charge on any atom is -0.491 e. The number of carbonyl (C=O) groups excluding carboxylic acids is 1. The van der Waals surface area contributed by atoms with Gasteiger partial charge >= 0.3 is 0 Å². The van der Waals surface area contributed by atoms with Crippen LogP contribution in [0.3, 0.4) is 0 Å². The lowest BCUT2D eigenvalue weighted by Crippen LogP contribution is -2.24. The lowest BCUT2D eigenvalue weighted by Gasteiger charge is -2.10. The molecule has 0 radical (unpaired) electrons. The van der Waals surface area contributed by atoms with Crippen LogP contribution in [0.5, 0.6) is 5.75 Å². The topological polar surface area (TPSA) is 38.3 Å². The van der Waals surface area contributed by atoms with Crippen molar-refractivity contribution in [1.82, 2.24) is 5.32 Å². The molecule has 1 amide bonds. The SMILES string of the molecule is C=C(Br)CNC(=O)c1cccc(OC(C)C)c1. The van der Waals surface area contributed by atoms with Crippen molar-refractivity contribution in [3.8, 4) is 5.75 Å². The zero-order valence-electron chi connectivity index (χ0n) is 10.00. The van der Waals surface area contributed by atoms with Crippen molar-refractivity contribution in [2.24, 2.45) is 0 Å². The number of hydrogen-bond acceptors (Lipinski definition) is 2. The smallest absolute Gasteiger partial charge is 0.251 e. The van der Waals surface area contributed by atoms with E-state index < -0.39 is 0 Å². The molecule has 1 N–H and O–H groups in total. The van der Waals surface area contributed by atoms with Gasteiger partial charge in [0, 0.05) is 16.6 Å². The number of carbonyl (C=O) groups is 1. The minimum absolute atomic E-state index is 0.0932. The van der Waals surface area contributed by atoms with Crippen LogP contribution in [-0.2, 0) is 0 Å². The van der Waals surface area contributed by atoms with Crippen LogP contribution in [0, 0.1) is 0 Å². The molecule has 0 spiro atoms. The first kappa shape index (κ1) is 13.8. The van der Waals surface area contributed by atoms with Gasteiger partial charge in [0.2, 0.25) is 0 Å². The van der Waals surface area contributed by atoms with Gasteiger partial charge in [0.25, 0.3) is 5.91 Å². The summed E-state index contributed by atoms with van der Waals surface area (Å²) < 4.78 is 6.26. The van der Waals surface area contributed by atoms with E-state index in [2.05, 4.69) is 27.8 Å². The second kappa shape index (κ2) is 6.45. The summed E-state index contributed by atoms with van der Waals surface area (Å²) >= 11 is 3.19. The second-order valence-electron chi connectivity index (χ2n) is 3.89. The van der Waals surface area contributed by atoms with Crippen molar-refractivity contribution in [3.05, 3.63) is 40.9 Å². The van der Waals surface area contributed by atoms with E-state index in [0.717, 1.165) is 4.48 Å². The molecule has 0 saturated heterocycles. The van der Waals surface area contributed by atoms with E-state index >= 15 is 0 Å². The number of benzene rings is 1. The summed E-state index contributed by atoms with van der Waals surface area (Å²) in [6, 6.07) is 7.11. The van der Waals surface area contributed by atoms with E-state index in [1.54, 1.807) is 18.2 Å². The molecule has 1 aromatic carbocycles. The molecule has 0 aliphatic carbocycles. The molecule has 0 aliphatic heterocycles. The highest BCUT2D eigenvalue weighted by atomic mass is 79.9. The molecule has 0 aliphatic rings. The van der Waals surface area contributed by atoms with Gasteiger partial charge in [0.05, 0.1) is 6.10 Å². The predicted octanol–water partition coefficient (Wildman–Crippen LogP) is 3.11. The first-order valence-electron chi connectivity index (χ1n) is 5.37. The zero-order valence-corrected chi connectivity index (χ0v) is 11.6. The lowest BCUT2D eigenvalue weighted by atomic mass is 10.2. The highest BCUT2D eigenvalue weighted by molar-refractivity contribution is 9.11. The minimum atomic E-state index is -0.139. The third-order valence-electron chi connectivity index (χ3n) is 1.91. The predicted molar refractivity (Wildman–Crippen MR) is 72.6 cm³/mol. The Morgan fingerprint density at radius 3 is 2.82 bits per heavy atom. The summed E-state index contributed by atoms with van der Waals surface area (Å²) in [4.78, 5) is 11.8. The average Bonchev–Trinajstić information content (AvgIpc) is 2.25. The molecule has 3 nitrogen and oxygen atoms in total. The van der Waals surface area contributed by atoms with E-state index in [1.807, 2.05) is 19.9 Å². The highest BCUT2D eigenvalue weighted by Gasteiger charge is 2.06. The van der Waals surface area contributed by atoms with Crippen LogP contribution in [0.2, 0.25) is 0 Å². The fourth-order valence-corrected chi connectivity index (χ4v) is 1.40. The Morgan fingerprint density at radius 1 is 1.53 bits per heavy atom. The summed E-state index contributed by atoms with van der Waals surface area (Å²) in [5.41, 5.74) is 0.580. The Kier molecular flexibility index (Phi) is 5.22. The molecule has 0 unspecified atom stereocenters. The van der Waals surface area contributed by atoms with Crippen molar-refractivity contribution in [2.75, 3.05) is 6.54 Å². The number of amides is 1. The number of nitrogens with one attached hydrogen (secondary N) is 1. The maximum absolute atomic E-state index is 11.8. The molecule has 0 fully saturated rings. The summed E-state index contributed by atoms with van der Waals surface area (Å²) in [7, 11) is 0. The van der Waals surface area contributed by atoms with Crippen LogP contribution in [0.1, 0.15) is 24.2 Å². The Morgan fingerprint density at radius 2 is 2.24 bits per heavy atom. The maximum atomic E-state index is 11.8. The van der Waals surface area contributed by atoms with Crippen LogP contribution in [0.4, 0.5) is 0 Å². The van der Waals surface area contributed by atoms with Crippen molar-refractivity contribution < 1.29 is 9.53 Å². The van der Waals surface area contributed by atoms with Gasteiger partial charge in [0.15, 0.2) is 0 Å². The molecule has 0 bridgehead atoms.